The fraction of sp³-hybridized carbons (Fsp3) is 0.261. The summed E-state index contributed by atoms with van der Waals surface area (Å²) in [7, 11) is 1.98. The number of para-hydroxylation sites is 2. The maximum absolute atomic E-state index is 13.2. The van der Waals surface area contributed by atoms with Crippen LogP contribution in [-0.4, -0.2) is 20.6 Å². The molecular formula is C23H24N4O2. The van der Waals surface area contributed by atoms with E-state index >= 15 is 0 Å². The first kappa shape index (κ1) is 18.9. The van der Waals surface area contributed by atoms with E-state index in [0.29, 0.717) is 5.76 Å². The molecule has 0 aliphatic carbocycles. The van der Waals surface area contributed by atoms with Gasteiger partial charge in [-0.1, -0.05) is 47.6 Å². The first-order chi connectivity index (χ1) is 14.0. The molecule has 0 radical (unpaired) electrons. The molecule has 6 nitrogen and oxygen atoms in total. The molecule has 0 saturated heterocycles. The highest BCUT2D eigenvalue weighted by atomic mass is 16.5. The van der Waals surface area contributed by atoms with E-state index in [2.05, 4.69) is 10.5 Å². The second kappa shape index (κ2) is 7.54. The maximum atomic E-state index is 13.2. The predicted molar refractivity (Wildman–Crippen MR) is 112 cm³/mol. The zero-order valence-corrected chi connectivity index (χ0v) is 17.0. The Morgan fingerprint density at radius 2 is 1.76 bits per heavy atom. The number of imidazole rings is 1. The Labute approximate surface area is 169 Å². The van der Waals surface area contributed by atoms with Crippen molar-refractivity contribution in [3.63, 3.8) is 0 Å². The highest BCUT2D eigenvalue weighted by Crippen LogP contribution is 2.28. The average Bonchev–Trinajstić information content (AvgIpc) is 3.25. The van der Waals surface area contributed by atoms with Crippen molar-refractivity contribution in [2.45, 2.75) is 32.7 Å². The summed E-state index contributed by atoms with van der Waals surface area (Å²) in [6.45, 7) is 5.56. The number of hydrogen-bond donors (Lipinski definition) is 1. The van der Waals surface area contributed by atoms with E-state index < -0.39 is 0 Å². The van der Waals surface area contributed by atoms with E-state index in [1.54, 1.807) is 0 Å². The first-order valence-corrected chi connectivity index (χ1v) is 9.66. The van der Waals surface area contributed by atoms with Crippen molar-refractivity contribution in [2.75, 3.05) is 0 Å². The molecule has 0 saturated carbocycles. The van der Waals surface area contributed by atoms with E-state index in [-0.39, 0.29) is 17.9 Å². The van der Waals surface area contributed by atoms with Gasteiger partial charge in [0.25, 0.3) is 0 Å². The molecule has 148 valence electrons. The number of benzene rings is 2. The van der Waals surface area contributed by atoms with Crippen molar-refractivity contribution in [2.24, 2.45) is 7.05 Å². The Morgan fingerprint density at radius 1 is 1.07 bits per heavy atom. The van der Waals surface area contributed by atoms with E-state index in [4.69, 9.17) is 9.51 Å². The summed E-state index contributed by atoms with van der Waals surface area (Å²) in [5.74, 6) is 0.975. The molecule has 0 aliphatic heterocycles. The van der Waals surface area contributed by atoms with Crippen LogP contribution < -0.4 is 5.32 Å². The zero-order valence-electron chi connectivity index (χ0n) is 17.0. The Bertz CT molecular complexity index is 1140. The lowest BCUT2D eigenvalue weighted by Crippen LogP contribution is -2.34. The van der Waals surface area contributed by atoms with Crippen molar-refractivity contribution in [3.05, 3.63) is 83.0 Å². The lowest BCUT2D eigenvalue weighted by atomic mass is 9.97. The van der Waals surface area contributed by atoms with Crippen molar-refractivity contribution >= 4 is 16.9 Å². The third-order valence-electron chi connectivity index (χ3n) is 5.41. The van der Waals surface area contributed by atoms with Gasteiger partial charge < -0.3 is 14.4 Å². The highest BCUT2D eigenvalue weighted by Gasteiger charge is 2.28. The summed E-state index contributed by atoms with van der Waals surface area (Å²) in [5.41, 5.74) is 4.48. The van der Waals surface area contributed by atoms with Gasteiger partial charge in [-0.3, -0.25) is 4.79 Å². The number of carbonyl (C=O) groups excluding carboxylic acids is 1. The van der Waals surface area contributed by atoms with Gasteiger partial charge in [-0.05, 0) is 38.5 Å². The van der Waals surface area contributed by atoms with Crippen LogP contribution in [0.2, 0.25) is 0 Å². The highest BCUT2D eigenvalue weighted by molar-refractivity contribution is 5.84. The van der Waals surface area contributed by atoms with Gasteiger partial charge in [0.15, 0.2) is 0 Å². The number of nitrogens with zero attached hydrogens (tertiary/aromatic N) is 3. The summed E-state index contributed by atoms with van der Waals surface area (Å²) in [6, 6.07) is 17.5. The second-order valence-electron chi connectivity index (χ2n) is 7.33. The topological polar surface area (TPSA) is 73.0 Å². The number of aryl methyl sites for hydroxylation is 3. The van der Waals surface area contributed by atoms with Crippen LogP contribution in [0.3, 0.4) is 0 Å². The monoisotopic (exact) mass is 388 g/mol. The minimum absolute atomic E-state index is 0.0969. The number of rotatable bonds is 5. The molecule has 1 N–H and O–H groups in total. The Kier molecular flexibility index (Phi) is 4.92. The average molecular weight is 388 g/mol. The summed E-state index contributed by atoms with van der Waals surface area (Å²) in [5, 5.41) is 7.19. The molecule has 1 amide bonds. The smallest absolute Gasteiger partial charge is 0.228 e. The number of nitrogens with one attached hydrogen (secondary N) is 1. The third kappa shape index (κ3) is 3.42. The minimum atomic E-state index is -0.387. The quantitative estimate of drug-likeness (QED) is 0.556. The van der Waals surface area contributed by atoms with E-state index in [9.17, 15) is 4.79 Å². The Hall–Kier alpha value is -3.41. The third-order valence-corrected chi connectivity index (χ3v) is 5.41. The van der Waals surface area contributed by atoms with Gasteiger partial charge in [-0.25, -0.2) is 4.98 Å². The van der Waals surface area contributed by atoms with Crippen LogP contribution >= 0.6 is 0 Å². The molecule has 4 rings (SSSR count). The SMILES string of the molecule is Cc1noc(C)c1[C@H](C)C(=O)N[C@H](c1ccccc1)c1nc2ccccc2n1C. The molecule has 2 aromatic carbocycles. The first-order valence-electron chi connectivity index (χ1n) is 9.66. The minimum Gasteiger partial charge on any atom is -0.361 e. The van der Waals surface area contributed by atoms with Gasteiger partial charge in [0.2, 0.25) is 5.91 Å². The molecule has 0 bridgehead atoms. The molecule has 6 heteroatoms. The normalized spacial score (nSPS) is 13.4. The zero-order chi connectivity index (χ0) is 20.5. The maximum Gasteiger partial charge on any atom is 0.228 e. The Morgan fingerprint density at radius 3 is 2.41 bits per heavy atom. The molecular weight excluding hydrogens is 364 g/mol. The Balaban J connectivity index is 1.74. The van der Waals surface area contributed by atoms with E-state index in [0.717, 1.165) is 33.7 Å². The van der Waals surface area contributed by atoms with Gasteiger partial charge in [0, 0.05) is 12.6 Å². The standard InChI is InChI=1S/C23H24N4O2/c1-14(20-15(2)26-29-16(20)3)23(28)25-21(17-10-6-5-7-11-17)22-24-18-12-8-9-13-19(18)27(22)4/h5-14,21H,1-4H3,(H,25,28)/t14-,21+/m0/s1. The molecule has 0 spiro atoms. The number of hydrogen-bond acceptors (Lipinski definition) is 4. The van der Waals surface area contributed by atoms with E-state index in [1.807, 2.05) is 87.0 Å². The molecule has 2 aromatic heterocycles. The summed E-state index contributed by atoms with van der Waals surface area (Å²) in [4.78, 5) is 18.0. The molecule has 2 atom stereocenters. The van der Waals surface area contributed by atoms with Crippen molar-refractivity contribution < 1.29 is 9.32 Å². The molecule has 2 heterocycles. The van der Waals surface area contributed by atoms with Crippen molar-refractivity contribution in [3.8, 4) is 0 Å². The molecule has 29 heavy (non-hydrogen) atoms. The van der Waals surface area contributed by atoms with E-state index in [1.165, 1.54) is 0 Å². The van der Waals surface area contributed by atoms with Crippen molar-refractivity contribution in [1.82, 2.24) is 20.0 Å². The molecule has 0 fully saturated rings. The van der Waals surface area contributed by atoms with Gasteiger partial charge in [0.05, 0.1) is 22.6 Å². The molecule has 0 aliphatic rings. The summed E-state index contributed by atoms with van der Waals surface area (Å²) < 4.78 is 7.29. The van der Waals surface area contributed by atoms with Crippen LogP contribution in [-0.2, 0) is 11.8 Å². The van der Waals surface area contributed by atoms with Crippen molar-refractivity contribution in [1.29, 1.82) is 0 Å². The predicted octanol–water partition coefficient (Wildman–Crippen LogP) is 4.19. The second-order valence-corrected chi connectivity index (χ2v) is 7.33. The van der Waals surface area contributed by atoms with Crippen LogP contribution in [0.4, 0.5) is 0 Å². The largest absolute Gasteiger partial charge is 0.361 e. The summed E-state index contributed by atoms with van der Waals surface area (Å²) in [6.07, 6.45) is 0. The van der Waals surface area contributed by atoms with Crippen LogP contribution in [0, 0.1) is 13.8 Å². The molecule has 4 aromatic rings. The van der Waals surface area contributed by atoms with Gasteiger partial charge >= 0.3 is 0 Å². The molecule has 0 unspecified atom stereocenters. The lowest BCUT2D eigenvalue weighted by Gasteiger charge is -2.21. The van der Waals surface area contributed by atoms with Gasteiger partial charge in [-0.15, -0.1) is 0 Å². The number of aromatic nitrogens is 3. The summed E-state index contributed by atoms with van der Waals surface area (Å²) >= 11 is 0. The van der Waals surface area contributed by atoms with Crippen LogP contribution in [0.15, 0.2) is 59.1 Å². The van der Waals surface area contributed by atoms with Crippen LogP contribution in [0.1, 0.15) is 47.3 Å². The fourth-order valence-electron chi connectivity index (χ4n) is 3.87. The van der Waals surface area contributed by atoms with Gasteiger partial charge in [-0.2, -0.15) is 0 Å². The van der Waals surface area contributed by atoms with Crippen LogP contribution in [0.5, 0.6) is 0 Å². The number of carbonyl (C=O) groups is 1. The van der Waals surface area contributed by atoms with Gasteiger partial charge in [0.1, 0.15) is 17.6 Å². The van der Waals surface area contributed by atoms with Crippen LogP contribution in [0.25, 0.3) is 11.0 Å². The number of amides is 1. The lowest BCUT2D eigenvalue weighted by molar-refractivity contribution is -0.122. The fourth-order valence-corrected chi connectivity index (χ4v) is 3.87. The number of fused-ring (bicyclic) bond motifs is 1.